The number of hydrogen-bond donors (Lipinski definition) is 2. The molecule has 0 spiro atoms. The maximum atomic E-state index is 12.2. The first-order valence-electron chi connectivity index (χ1n) is 6.27. The first-order valence-corrected chi connectivity index (χ1v) is 8.14. The minimum absolute atomic E-state index is 0.0489. The van der Waals surface area contributed by atoms with Crippen molar-refractivity contribution in [1.29, 1.82) is 0 Å². The van der Waals surface area contributed by atoms with Crippen LogP contribution < -0.4 is 10.0 Å². The number of nitrogens with zero attached hydrogens (tertiary/aromatic N) is 1. The lowest BCUT2D eigenvalue weighted by Crippen LogP contribution is -2.32. The second-order valence-electron chi connectivity index (χ2n) is 4.82. The van der Waals surface area contributed by atoms with Gasteiger partial charge in [-0.2, -0.15) is 0 Å². The number of sulfonamides is 1. The van der Waals surface area contributed by atoms with E-state index in [1.54, 1.807) is 7.05 Å². The summed E-state index contributed by atoms with van der Waals surface area (Å²) in [5, 5.41) is 13.9. The van der Waals surface area contributed by atoms with E-state index in [4.69, 9.17) is 11.6 Å². The third kappa shape index (κ3) is 4.63. The number of nitrogens with one attached hydrogen (secondary N) is 2. The fourth-order valence-electron chi connectivity index (χ4n) is 1.74. The predicted molar refractivity (Wildman–Crippen MR) is 81.1 cm³/mol. The summed E-state index contributed by atoms with van der Waals surface area (Å²) >= 11 is 5.87. The van der Waals surface area contributed by atoms with Crippen molar-refractivity contribution in [3.05, 3.63) is 32.8 Å². The molecule has 0 saturated carbocycles. The molecule has 0 saturated heterocycles. The topological polar surface area (TPSA) is 101 Å². The van der Waals surface area contributed by atoms with Gasteiger partial charge in [0.1, 0.15) is 0 Å². The quantitative estimate of drug-likeness (QED) is 0.583. The molecule has 1 aromatic carbocycles. The minimum Gasteiger partial charge on any atom is -0.319 e. The van der Waals surface area contributed by atoms with Crippen molar-refractivity contribution < 1.29 is 13.3 Å². The Morgan fingerprint density at radius 2 is 2.00 bits per heavy atom. The van der Waals surface area contributed by atoms with Gasteiger partial charge in [-0.3, -0.25) is 10.1 Å². The average Bonchev–Trinajstić information content (AvgIpc) is 2.39. The van der Waals surface area contributed by atoms with Gasteiger partial charge in [-0.15, -0.1) is 0 Å². The molecule has 0 aliphatic rings. The third-order valence-electron chi connectivity index (χ3n) is 2.97. The summed E-state index contributed by atoms with van der Waals surface area (Å²) in [6.07, 6.45) is 0. The lowest BCUT2D eigenvalue weighted by molar-refractivity contribution is -0.385. The van der Waals surface area contributed by atoms with Crippen LogP contribution in [0.2, 0.25) is 5.02 Å². The molecule has 0 aliphatic carbocycles. The van der Waals surface area contributed by atoms with Crippen LogP contribution in [0.1, 0.15) is 12.5 Å². The minimum atomic E-state index is -3.84. The van der Waals surface area contributed by atoms with Crippen LogP contribution in [-0.4, -0.2) is 33.5 Å². The van der Waals surface area contributed by atoms with Crippen molar-refractivity contribution in [1.82, 2.24) is 10.0 Å². The Kier molecular flexibility index (Phi) is 6.09. The fourth-order valence-corrected chi connectivity index (χ4v) is 3.23. The second-order valence-corrected chi connectivity index (χ2v) is 7.00. The van der Waals surface area contributed by atoms with Gasteiger partial charge in [0.15, 0.2) is 0 Å². The molecule has 1 aromatic rings. The summed E-state index contributed by atoms with van der Waals surface area (Å²) in [6, 6.07) is 2.24. The maximum absolute atomic E-state index is 12.2. The number of rotatable bonds is 7. The highest BCUT2D eigenvalue weighted by Gasteiger charge is 2.22. The summed E-state index contributed by atoms with van der Waals surface area (Å²) in [7, 11) is -2.06. The van der Waals surface area contributed by atoms with Gasteiger partial charge >= 0.3 is 0 Å². The van der Waals surface area contributed by atoms with Crippen LogP contribution in [0.4, 0.5) is 5.69 Å². The molecule has 1 unspecified atom stereocenters. The monoisotopic (exact) mass is 335 g/mol. The van der Waals surface area contributed by atoms with Crippen molar-refractivity contribution in [2.75, 3.05) is 20.1 Å². The lowest BCUT2D eigenvalue weighted by atomic mass is 10.2. The number of nitro groups is 1. The zero-order valence-electron chi connectivity index (χ0n) is 12.0. The Labute approximate surface area is 128 Å². The van der Waals surface area contributed by atoms with Crippen molar-refractivity contribution in [3.8, 4) is 0 Å². The smallest absolute Gasteiger partial charge is 0.275 e. The average molecular weight is 336 g/mol. The molecule has 0 aliphatic heterocycles. The highest BCUT2D eigenvalue weighted by Crippen LogP contribution is 2.29. The summed E-state index contributed by atoms with van der Waals surface area (Å²) in [5.74, 6) is 0.0840. The highest BCUT2D eigenvalue weighted by atomic mass is 35.5. The molecule has 1 rings (SSSR count). The molecule has 0 bridgehead atoms. The molecule has 21 heavy (non-hydrogen) atoms. The van der Waals surface area contributed by atoms with Crippen LogP contribution >= 0.6 is 11.6 Å². The van der Waals surface area contributed by atoms with Crippen molar-refractivity contribution >= 4 is 27.3 Å². The summed E-state index contributed by atoms with van der Waals surface area (Å²) in [4.78, 5) is 10.1. The maximum Gasteiger partial charge on any atom is 0.275 e. The van der Waals surface area contributed by atoms with Crippen molar-refractivity contribution in [2.45, 2.75) is 18.7 Å². The molecule has 7 nitrogen and oxygen atoms in total. The molecule has 0 fully saturated rings. The van der Waals surface area contributed by atoms with Crippen molar-refractivity contribution in [3.63, 3.8) is 0 Å². The summed E-state index contributed by atoms with van der Waals surface area (Å²) < 4.78 is 26.8. The molecule has 1 atom stereocenters. The number of benzene rings is 1. The van der Waals surface area contributed by atoms with Crippen LogP contribution in [0, 0.1) is 23.0 Å². The van der Waals surface area contributed by atoms with Gasteiger partial charge in [0.2, 0.25) is 10.0 Å². The summed E-state index contributed by atoms with van der Waals surface area (Å²) in [6.45, 7) is 4.22. The molecule has 0 aromatic heterocycles. The van der Waals surface area contributed by atoms with Crippen LogP contribution in [0.5, 0.6) is 0 Å². The van der Waals surface area contributed by atoms with E-state index >= 15 is 0 Å². The van der Waals surface area contributed by atoms with Crippen LogP contribution in [0.15, 0.2) is 17.0 Å². The Bertz CT molecular complexity index is 634. The summed E-state index contributed by atoms with van der Waals surface area (Å²) in [5.41, 5.74) is -0.0738. The normalized spacial score (nSPS) is 13.1. The first kappa shape index (κ1) is 17.8. The van der Waals surface area contributed by atoms with E-state index in [9.17, 15) is 18.5 Å². The number of hydrogen-bond acceptors (Lipinski definition) is 5. The van der Waals surface area contributed by atoms with Gasteiger partial charge in [0, 0.05) is 18.2 Å². The molecular weight excluding hydrogens is 318 g/mol. The molecule has 0 heterocycles. The highest BCUT2D eigenvalue weighted by molar-refractivity contribution is 7.89. The largest absolute Gasteiger partial charge is 0.319 e. The van der Waals surface area contributed by atoms with Gasteiger partial charge < -0.3 is 5.32 Å². The zero-order valence-corrected chi connectivity index (χ0v) is 13.6. The third-order valence-corrected chi connectivity index (χ3v) is 4.77. The van der Waals surface area contributed by atoms with E-state index in [2.05, 4.69) is 10.0 Å². The molecule has 118 valence electrons. The Morgan fingerprint density at radius 3 is 2.52 bits per heavy atom. The van der Waals surface area contributed by atoms with E-state index < -0.39 is 14.9 Å². The van der Waals surface area contributed by atoms with Gasteiger partial charge in [-0.05, 0) is 32.5 Å². The molecule has 9 heteroatoms. The first-order chi connectivity index (χ1) is 9.69. The van der Waals surface area contributed by atoms with E-state index in [0.29, 0.717) is 6.54 Å². The lowest BCUT2D eigenvalue weighted by Gasteiger charge is -2.13. The van der Waals surface area contributed by atoms with Crippen LogP contribution in [0.3, 0.4) is 0 Å². The van der Waals surface area contributed by atoms with Crippen molar-refractivity contribution in [2.24, 2.45) is 5.92 Å². The van der Waals surface area contributed by atoms with Gasteiger partial charge in [-0.25, -0.2) is 13.1 Å². The molecule has 2 N–H and O–H groups in total. The van der Waals surface area contributed by atoms with E-state index in [-0.39, 0.29) is 33.6 Å². The standard InChI is InChI=1S/C12H18ClN3O4S/c1-8(6-14-3)7-15-21(19,20)10-4-11(13)9(2)12(5-10)16(17)18/h4-5,8,14-15H,6-7H2,1-3H3. The molecular formula is C12H18ClN3O4S. The zero-order chi connectivity index (χ0) is 16.2. The number of halogens is 1. The SMILES string of the molecule is CNCC(C)CNS(=O)(=O)c1cc(Cl)c(C)c([N+](=O)[O-])c1. The Hall–Kier alpha value is -1.22. The van der Waals surface area contributed by atoms with Crippen LogP contribution in [-0.2, 0) is 10.0 Å². The van der Waals surface area contributed by atoms with Crippen LogP contribution in [0.25, 0.3) is 0 Å². The van der Waals surface area contributed by atoms with Gasteiger partial charge in [0.05, 0.1) is 14.8 Å². The van der Waals surface area contributed by atoms with E-state index in [0.717, 1.165) is 6.07 Å². The second kappa shape index (κ2) is 7.17. The molecule has 0 radical (unpaired) electrons. The van der Waals surface area contributed by atoms with Gasteiger partial charge in [0.25, 0.3) is 5.69 Å². The fraction of sp³-hybridized carbons (Fsp3) is 0.500. The van der Waals surface area contributed by atoms with E-state index in [1.807, 2.05) is 6.92 Å². The Balaban J connectivity index is 3.06. The predicted octanol–water partition coefficient (Wildman–Crippen LogP) is 1.69. The van der Waals surface area contributed by atoms with E-state index in [1.165, 1.54) is 13.0 Å². The molecule has 0 amide bonds. The Morgan fingerprint density at radius 1 is 1.38 bits per heavy atom. The number of nitro benzene ring substituents is 1. The van der Waals surface area contributed by atoms with Gasteiger partial charge in [-0.1, -0.05) is 18.5 Å².